The average molecular weight is 422 g/mol. The number of nitrogens with zero attached hydrogens (tertiary/aromatic N) is 3. The van der Waals surface area contributed by atoms with Crippen molar-refractivity contribution in [3.8, 4) is 5.88 Å². The lowest BCUT2D eigenvalue weighted by molar-refractivity contribution is -0.134. The van der Waals surface area contributed by atoms with Gasteiger partial charge in [-0.05, 0) is 56.5 Å². The molecule has 2 aliphatic heterocycles. The summed E-state index contributed by atoms with van der Waals surface area (Å²) in [5.74, 6) is -0.828. The van der Waals surface area contributed by atoms with E-state index in [0.717, 1.165) is 37.9 Å². The lowest BCUT2D eigenvalue weighted by Crippen LogP contribution is -2.39. The first kappa shape index (κ1) is 23.9. The average Bonchev–Trinajstić information content (AvgIpc) is 3.09. The summed E-state index contributed by atoms with van der Waals surface area (Å²) in [5.41, 5.74) is 1.80. The number of hydrogen-bond donors (Lipinski definition) is 2. The standard InChI is InChI=1S/C18H31N3O.C4H4O4/c1-18(2,3)15-7-10-20(11-8-15)12-13-22-17-14-16-6-4-5-9-21(16)19-17;5-3(6)1-2-4(7)8/h14-15H,4-13H2,1-3H3;1-2H,(H,5,6)(H,7,8). The first-order chi connectivity index (χ1) is 14.1. The molecule has 8 heteroatoms. The van der Waals surface area contributed by atoms with Crippen molar-refractivity contribution < 1.29 is 24.5 Å². The number of fused-ring (bicyclic) bond motifs is 1. The molecule has 0 aliphatic carbocycles. The Hall–Kier alpha value is -2.35. The number of piperidine rings is 1. The molecule has 30 heavy (non-hydrogen) atoms. The maximum absolute atomic E-state index is 9.55. The van der Waals surface area contributed by atoms with Crippen molar-refractivity contribution in [2.75, 3.05) is 26.2 Å². The maximum Gasteiger partial charge on any atom is 0.328 e. The number of ether oxygens (including phenoxy) is 1. The smallest absolute Gasteiger partial charge is 0.328 e. The summed E-state index contributed by atoms with van der Waals surface area (Å²) < 4.78 is 8.00. The topological polar surface area (TPSA) is 105 Å². The van der Waals surface area contributed by atoms with Gasteiger partial charge in [-0.1, -0.05) is 20.8 Å². The van der Waals surface area contributed by atoms with Gasteiger partial charge in [-0.25, -0.2) is 9.59 Å². The highest BCUT2D eigenvalue weighted by molar-refractivity contribution is 5.89. The molecule has 0 amide bonds. The molecule has 0 atom stereocenters. The number of carbonyl (C=O) groups is 2. The van der Waals surface area contributed by atoms with Crippen LogP contribution in [0.5, 0.6) is 5.88 Å². The van der Waals surface area contributed by atoms with Gasteiger partial charge in [0.25, 0.3) is 0 Å². The molecular weight excluding hydrogens is 386 g/mol. The summed E-state index contributed by atoms with van der Waals surface area (Å²) in [6.07, 6.45) is 7.44. The Bertz CT molecular complexity index is 688. The Morgan fingerprint density at radius 1 is 1.13 bits per heavy atom. The fraction of sp³-hybridized carbons (Fsp3) is 0.682. The van der Waals surface area contributed by atoms with Gasteiger partial charge < -0.3 is 14.9 Å². The molecule has 1 aromatic rings. The van der Waals surface area contributed by atoms with Crippen molar-refractivity contribution in [1.82, 2.24) is 14.7 Å². The molecule has 0 aromatic carbocycles. The van der Waals surface area contributed by atoms with Crippen LogP contribution >= 0.6 is 0 Å². The first-order valence-corrected chi connectivity index (χ1v) is 10.7. The second kappa shape index (κ2) is 11.2. The Morgan fingerprint density at radius 3 is 2.30 bits per heavy atom. The zero-order valence-electron chi connectivity index (χ0n) is 18.3. The van der Waals surface area contributed by atoms with Crippen molar-refractivity contribution in [2.45, 2.75) is 59.4 Å². The van der Waals surface area contributed by atoms with E-state index in [9.17, 15) is 9.59 Å². The van der Waals surface area contributed by atoms with E-state index >= 15 is 0 Å². The van der Waals surface area contributed by atoms with E-state index in [0.29, 0.717) is 17.6 Å². The first-order valence-electron chi connectivity index (χ1n) is 10.7. The fourth-order valence-electron chi connectivity index (χ4n) is 3.91. The van der Waals surface area contributed by atoms with Gasteiger partial charge in [-0.2, -0.15) is 0 Å². The van der Waals surface area contributed by atoms with Crippen molar-refractivity contribution in [3.05, 3.63) is 23.9 Å². The van der Waals surface area contributed by atoms with E-state index < -0.39 is 11.9 Å². The molecule has 3 heterocycles. The number of rotatable bonds is 6. The van der Waals surface area contributed by atoms with E-state index in [1.165, 1.54) is 44.5 Å². The second-order valence-electron chi connectivity index (χ2n) is 8.99. The molecule has 3 rings (SSSR count). The second-order valence-corrected chi connectivity index (χ2v) is 8.99. The van der Waals surface area contributed by atoms with Gasteiger partial charge in [0.15, 0.2) is 0 Å². The number of carboxylic acids is 2. The number of aromatic nitrogens is 2. The molecule has 8 nitrogen and oxygen atoms in total. The Morgan fingerprint density at radius 2 is 1.77 bits per heavy atom. The molecule has 1 saturated heterocycles. The van der Waals surface area contributed by atoms with Crippen molar-refractivity contribution in [3.63, 3.8) is 0 Å². The molecule has 1 aromatic heterocycles. The number of aliphatic carboxylic acids is 2. The van der Waals surface area contributed by atoms with Crippen molar-refractivity contribution >= 4 is 11.9 Å². The van der Waals surface area contributed by atoms with Gasteiger partial charge in [-0.3, -0.25) is 9.58 Å². The molecule has 1 fully saturated rings. The SMILES string of the molecule is CC(C)(C)C1CCN(CCOc2cc3n(n2)CCCC3)CC1.O=C(O)C=CC(=O)O. The monoisotopic (exact) mass is 421 g/mol. The van der Waals surface area contributed by atoms with E-state index in [4.69, 9.17) is 14.9 Å². The minimum atomic E-state index is -1.26. The highest BCUT2D eigenvalue weighted by Gasteiger charge is 2.28. The summed E-state index contributed by atoms with van der Waals surface area (Å²) in [7, 11) is 0. The van der Waals surface area contributed by atoms with Gasteiger partial charge in [0.05, 0.1) is 0 Å². The zero-order valence-corrected chi connectivity index (χ0v) is 18.3. The lowest BCUT2D eigenvalue weighted by atomic mass is 9.75. The quantitative estimate of drug-likeness (QED) is 0.680. The number of aryl methyl sites for hydroxylation is 2. The summed E-state index contributed by atoms with van der Waals surface area (Å²) in [6, 6.07) is 2.13. The van der Waals surface area contributed by atoms with Gasteiger partial charge in [0, 0.05) is 37.0 Å². The maximum atomic E-state index is 9.55. The van der Waals surface area contributed by atoms with E-state index in [-0.39, 0.29) is 0 Å². The van der Waals surface area contributed by atoms with Crippen molar-refractivity contribution in [2.24, 2.45) is 11.3 Å². The van der Waals surface area contributed by atoms with E-state index in [1.54, 1.807) is 0 Å². The van der Waals surface area contributed by atoms with Gasteiger partial charge in [0.2, 0.25) is 5.88 Å². The van der Waals surface area contributed by atoms with Crippen LogP contribution in [0.3, 0.4) is 0 Å². The van der Waals surface area contributed by atoms with Crippen LogP contribution in [-0.4, -0.2) is 63.1 Å². The normalized spacial score (nSPS) is 17.8. The number of hydrogen-bond acceptors (Lipinski definition) is 5. The largest absolute Gasteiger partial charge is 0.478 e. The van der Waals surface area contributed by atoms with Crippen LogP contribution in [0, 0.1) is 11.3 Å². The molecule has 2 aliphatic rings. The predicted molar refractivity (Wildman–Crippen MR) is 114 cm³/mol. The molecule has 0 saturated carbocycles. The minimum Gasteiger partial charge on any atom is -0.478 e. The van der Waals surface area contributed by atoms with Crippen LogP contribution in [0.25, 0.3) is 0 Å². The Balaban J connectivity index is 0.000000343. The van der Waals surface area contributed by atoms with Crippen LogP contribution in [0.2, 0.25) is 0 Å². The third kappa shape index (κ3) is 8.18. The summed E-state index contributed by atoms with van der Waals surface area (Å²) >= 11 is 0. The molecule has 0 spiro atoms. The zero-order chi connectivity index (χ0) is 22.1. The molecule has 2 N–H and O–H groups in total. The predicted octanol–water partition coefficient (Wildman–Crippen LogP) is 3.07. The summed E-state index contributed by atoms with van der Waals surface area (Å²) in [5, 5.41) is 20.2. The molecule has 168 valence electrons. The third-order valence-electron chi connectivity index (χ3n) is 5.73. The molecule has 0 bridgehead atoms. The Labute approximate surface area is 178 Å². The minimum absolute atomic E-state index is 0.456. The van der Waals surface area contributed by atoms with Gasteiger partial charge >= 0.3 is 11.9 Å². The molecule has 0 radical (unpaired) electrons. The third-order valence-corrected chi connectivity index (χ3v) is 5.73. The Kier molecular flexibility index (Phi) is 8.89. The summed E-state index contributed by atoms with van der Waals surface area (Å²) in [4.78, 5) is 21.6. The van der Waals surface area contributed by atoms with Crippen molar-refractivity contribution in [1.29, 1.82) is 0 Å². The number of likely N-dealkylation sites (tertiary alicyclic amines) is 1. The highest BCUT2D eigenvalue weighted by atomic mass is 16.5. The van der Waals surface area contributed by atoms with E-state index in [2.05, 4.69) is 41.5 Å². The van der Waals surface area contributed by atoms with Crippen LogP contribution in [0.15, 0.2) is 18.2 Å². The highest BCUT2D eigenvalue weighted by Crippen LogP contribution is 2.34. The van der Waals surface area contributed by atoms with Crippen LogP contribution in [0.1, 0.15) is 52.1 Å². The summed E-state index contributed by atoms with van der Waals surface area (Å²) in [6.45, 7) is 12.4. The number of carboxylic acid groups (broad SMARTS) is 2. The molecular formula is C22H35N3O5. The van der Waals surface area contributed by atoms with Crippen LogP contribution in [0.4, 0.5) is 0 Å². The van der Waals surface area contributed by atoms with Crippen LogP contribution < -0.4 is 4.74 Å². The van der Waals surface area contributed by atoms with E-state index in [1.807, 2.05) is 0 Å². The lowest BCUT2D eigenvalue weighted by Gasteiger charge is -2.38. The van der Waals surface area contributed by atoms with Gasteiger partial charge in [0.1, 0.15) is 6.61 Å². The fourth-order valence-corrected chi connectivity index (χ4v) is 3.91. The van der Waals surface area contributed by atoms with Crippen LogP contribution in [-0.2, 0) is 22.6 Å². The van der Waals surface area contributed by atoms with Gasteiger partial charge in [-0.15, -0.1) is 5.10 Å². The molecule has 0 unspecified atom stereocenters.